The molecule has 1 aromatic rings. The normalized spacial score (nSPS) is 21.0. The number of aryl methyl sites for hydroxylation is 1. The zero-order chi connectivity index (χ0) is 17.7. The first-order valence-electron chi connectivity index (χ1n) is 8.09. The Bertz CT molecular complexity index is 696. The molecule has 8 nitrogen and oxygen atoms in total. The fourth-order valence-corrected chi connectivity index (χ4v) is 3.13. The highest BCUT2D eigenvalue weighted by Crippen LogP contribution is 2.33. The number of hydrogen-bond acceptors (Lipinski definition) is 5. The number of aliphatic hydroxyl groups excluding tert-OH is 1. The first kappa shape index (κ1) is 18.4. The molecule has 2 rings (SSSR count). The number of hydrogen-bond donors (Lipinski definition) is 2. The number of aliphatic hydroxyl groups is 1. The van der Waals surface area contributed by atoms with Gasteiger partial charge in [0.2, 0.25) is 5.91 Å². The lowest BCUT2D eigenvalue weighted by atomic mass is 9.78. The van der Waals surface area contributed by atoms with Crippen LogP contribution in [0.4, 0.5) is 0 Å². The molecule has 1 amide bonds. The molecule has 134 valence electrons. The van der Waals surface area contributed by atoms with Crippen LogP contribution in [0.25, 0.3) is 0 Å². The lowest BCUT2D eigenvalue weighted by molar-refractivity contribution is -0.136. The third kappa shape index (κ3) is 4.12. The van der Waals surface area contributed by atoms with E-state index in [1.165, 1.54) is 10.8 Å². The monoisotopic (exact) mass is 339 g/mol. The van der Waals surface area contributed by atoms with Crippen molar-refractivity contribution in [3.05, 3.63) is 32.6 Å². The molecule has 1 aliphatic heterocycles. The summed E-state index contributed by atoms with van der Waals surface area (Å²) in [5.41, 5.74) is -1.01. The summed E-state index contributed by atoms with van der Waals surface area (Å²) in [7, 11) is 1.61. The summed E-state index contributed by atoms with van der Waals surface area (Å²) in [4.78, 5) is 39.6. The first-order chi connectivity index (χ1) is 11.4. The van der Waals surface area contributed by atoms with E-state index in [1.54, 1.807) is 18.9 Å². The molecule has 0 saturated carbocycles. The number of carbonyl (C=O) groups excluding carboxylic acids is 1. The van der Waals surface area contributed by atoms with Gasteiger partial charge in [-0.2, -0.15) is 0 Å². The predicted molar refractivity (Wildman–Crippen MR) is 87.9 cm³/mol. The van der Waals surface area contributed by atoms with Crippen molar-refractivity contribution in [3.63, 3.8) is 0 Å². The van der Waals surface area contributed by atoms with Gasteiger partial charge in [-0.25, -0.2) is 4.79 Å². The van der Waals surface area contributed by atoms with Crippen LogP contribution in [0.2, 0.25) is 0 Å². The third-order valence-electron chi connectivity index (χ3n) is 4.68. The Morgan fingerprint density at radius 2 is 2.21 bits per heavy atom. The minimum absolute atomic E-state index is 0.00213. The van der Waals surface area contributed by atoms with Gasteiger partial charge in [-0.15, -0.1) is 0 Å². The van der Waals surface area contributed by atoms with E-state index in [1.807, 2.05) is 0 Å². The summed E-state index contributed by atoms with van der Waals surface area (Å²) < 4.78 is 6.32. The molecule has 0 bridgehead atoms. The van der Waals surface area contributed by atoms with E-state index in [4.69, 9.17) is 4.74 Å². The Hall–Kier alpha value is -1.93. The molecule has 1 saturated heterocycles. The van der Waals surface area contributed by atoms with Gasteiger partial charge in [-0.1, -0.05) is 0 Å². The largest absolute Gasteiger partial charge is 0.396 e. The molecule has 2 heterocycles. The number of ether oxygens (including phenoxy) is 1. The predicted octanol–water partition coefficient (Wildman–Crippen LogP) is -0.517. The SMILES string of the molecule is COCC[C@]1(CO)CCCN(C(=O)Cn2cc(C)c(=O)[nH]c2=O)C1. The quantitative estimate of drug-likeness (QED) is 0.726. The summed E-state index contributed by atoms with van der Waals surface area (Å²) in [6, 6.07) is 0. The van der Waals surface area contributed by atoms with Crippen LogP contribution in [0.5, 0.6) is 0 Å². The summed E-state index contributed by atoms with van der Waals surface area (Å²) in [5, 5.41) is 9.78. The van der Waals surface area contributed by atoms with Crippen LogP contribution in [-0.2, 0) is 16.1 Å². The lowest BCUT2D eigenvalue weighted by Gasteiger charge is -2.42. The summed E-state index contributed by atoms with van der Waals surface area (Å²) in [6.45, 7) is 3.04. The fraction of sp³-hybridized carbons (Fsp3) is 0.688. The molecule has 0 aromatic carbocycles. The van der Waals surface area contributed by atoms with Crippen LogP contribution in [0, 0.1) is 12.3 Å². The summed E-state index contributed by atoms with van der Waals surface area (Å²) in [6.07, 6.45) is 3.72. The van der Waals surface area contributed by atoms with E-state index in [2.05, 4.69) is 4.98 Å². The van der Waals surface area contributed by atoms with Crippen LogP contribution in [0.3, 0.4) is 0 Å². The maximum absolute atomic E-state index is 12.6. The van der Waals surface area contributed by atoms with E-state index >= 15 is 0 Å². The van der Waals surface area contributed by atoms with E-state index in [0.29, 0.717) is 31.7 Å². The molecule has 1 fully saturated rings. The number of aromatic nitrogens is 2. The molecule has 2 N–H and O–H groups in total. The molecular weight excluding hydrogens is 314 g/mol. The summed E-state index contributed by atoms with van der Waals surface area (Å²) in [5.74, 6) is -0.196. The number of aromatic amines is 1. The van der Waals surface area contributed by atoms with Gasteiger partial charge in [0, 0.05) is 44.0 Å². The highest BCUT2D eigenvalue weighted by atomic mass is 16.5. The Kier molecular flexibility index (Phi) is 5.95. The molecule has 0 radical (unpaired) electrons. The maximum Gasteiger partial charge on any atom is 0.328 e. The maximum atomic E-state index is 12.6. The average molecular weight is 339 g/mol. The second kappa shape index (κ2) is 7.76. The number of likely N-dealkylation sites (tertiary alicyclic amines) is 1. The number of nitrogens with zero attached hydrogens (tertiary/aromatic N) is 2. The Balaban J connectivity index is 2.10. The van der Waals surface area contributed by atoms with Gasteiger partial charge in [-0.05, 0) is 26.2 Å². The standard InChI is InChI=1S/C16H25N3O5/c1-12-8-19(15(23)17-14(12)22)9-13(21)18-6-3-4-16(10-18,11-20)5-7-24-2/h8,20H,3-7,9-11H2,1-2H3,(H,17,22,23)/t16-/m1/s1. The fourth-order valence-electron chi connectivity index (χ4n) is 3.13. The van der Waals surface area contributed by atoms with Crippen LogP contribution in [0.1, 0.15) is 24.8 Å². The highest BCUT2D eigenvalue weighted by Gasteiger charge is 2.36. The van der Waals surface area contributed by atoms with Crippen molar-refractivity contribution in [1.82, 2.24) is 14.5 Å². The topological polar surface area (TPSA) is 105 Å². The molecule has 0 unspecified atom stereocenters. The first-order valence-corrected chi connectivity index (χ1v) is 8.09. The van der Waals surface area contributed by atoms with Crippen molar-refractivity contribution < 1.29 is 14.6 Å². The van der Waals surface area contributed by atoms with Gasteiger partial charge >= 0.3 is 5.69 Å². The van der Waals surface area contributed by atoms with Crippen LogP contribution < -0.4 is 11.2 Å². The highest BCUT2D eigenvalue weighted by molar-refractivity contribution is 5.76. The van der Waals surface area contributed by atoms with Crippen molar-refractivity contribution in [2.75, 3.05) is 33.4 Å². The summed E-state index contributed by atoms with van der Waals surface area (Å²) >= 11 is 0. The number of rotatable bonds is 6. The Morgan fingerprint density at radius 3 is 2.88 bits per heavy atom. The van der Waals surface area contributed by atoms with Crippen LogP contribution in [-0.4, -0.2) is 58.9 Å². The smallest absolute Gasteiger partial charge is 0.328 e. The molecule has 1 aromatic heterocycles. The van der Waals surface area contributed by atoms with Crippen LogP contribution >= 0.6 is 0 Å². The van der Waals surface area contributed by atoms with Crippen molar-refractivity contribution in [2.45, 2.75) is 32.7 Å². The Labute approximate surface area is 140 Å². The van der Waals surface area contributed by atoms with Crippen molar-refractivity contribution in [3.8, 4) is 0 Å². The second-order valence-corrected chi connectivity index (χ2v) is 6.52. The minimum atomic E-state index is -0.594. The number of methoxy groups -OCH3 is 1. The van der Waals surface area contributed by atoms with Crippen molar-refractivity contribution in [1.29, 1.82) is 0 Å². The van der Waals surface area contributed by atoms with E-state index < -0.39 is 11.2 Å². The second-order valence-electron chi connectivity index (χ2n) is 6.52. The molecule has 0 aliphatic carbocycles. The van der Waals surface area contributed by atoms with Gasteiger partial charge in [0.15, 0.2) is 0 Å². The zero-order valence-electron chi connectivity index (χ0n) is 14.2. The third-order valence-corrected chi connectivity index (χ3v) is 4.68. The number of amides is 1. The minimum Gasteiger partial charge on any atom is -0.396 e. The van der Waals surface area contributed by atoms with Crippen molar-refractivity contribution in [2.24, 2.45) is 5.41 Å². The van der Waals surface area contributed by atoms with Gasteiger partial charge in [0.25, 0.3) is 5.56 Å². The van der Waals surface area contributed by atoms with Crippen molar-refractivity contribution >= 4 is 5.91 Å². The van der Waals surface area contributed by atoms with Gasteiger partial charge < -0.3 is 14.7 Å². The molecule has 8 heteroatoms. The van der Waals surface area contributed by atoms with Crippen LogP contribution in [0.15, 0.2) is 15.8 Å². The average Bonchev–Trinajstić information content (AvgIpc) is 2.58. The molecule has 1 aliphatic rings. The number of nitrogens with one attached hydrogen (secondary N) is 1. The van der Waals surface area contributed by atoms with E-state index in [9.17, 15) is 19.5 Å². The Morgan fingerprint density at radius 1 is 1.46 bits per heavy atom. The molecule has 24 heavy (non-hydrogen) atoms. The number of carbonyl (C=O) groups is 1. The van der Waals surface area contributed by atoms with Gasteiger partial charge in [0.1, 0.15) is 6.54 Å². The number of H-pyrrole nitrogens is 1. The molecular formula is C16H25N3O5. The molecule has 0 spiro atoms. The lowest BCUT2D eigenvalue weighted by Crippen LogP contribution is -2.50. The number of piperidine rings is 1. The molecule has 1 atom stereocenters. The van der Waals surface area contributed by atoms with Gasteiger partial charge in [0.05, 0.1) is 6.61 Å². The van der Waals surface area contributed by atoms with E-state index in [-0.39, 0.29) is 24.5 Å². The zero-order valence-corrected chi connectivity index (χ0v) is 14.2. The van der Waals surface area contributed by atoms with Gasteiger partial charge in [-0.3, -0.25) is 19.1 Å². The van der Waals surface area contributed by atoms with E-state index in [0.717, 1.165) is 12.8 Å².